The van der Waals surface area contributed by atoms with Gasteiger partial charge in [0.05, 0.1) is 5.41 Å². The van der Waals surface area contributed by atoms with E-state index in [0.29, 0.717) is 13.1 Å². The molecule has 1 saturated carbocycles. The highest BCUT2D eigenvalue weighted by molar-refractivity contribution is 5.81. The highest BCUT2D eigenvalue weighted by Gasteiger charge is 2.38. The van der Waals surface area contributed by atoms with Crippen molar-refractivity contribution in [2.24, 2.45) is 11.1 Å². The number of hydrogen-bond donors (Lipinski definition) is 3. The van der Waals surface area contributed by atoms with Crippen molar-refractivity contribution in [3.05, 3.63) is 18.0 Å². The maximum absolute atomic E-state index is 11.5. The van der Waals surface area contributed by atoms with E-state index in [9.17, 15) is 4.79 Å². The van der Waals surface area contributed by atoms with Gasteiger partial charge in [-0.3, -0.25) is 9.89 Å². The molecule has 4 N–H and O–H groups in total. The Balaban J connectivity index is 1.85. The average molecular weight is 222 g/mol. The number of carbonyl (C=O) groups is 1. The quantitative estimate of drug-likeness (QED) is 0.680. The first-order valence-electron chi connectivity index (χ1n) is 5.72. The van der Waals surface area contributed by atoms with E-state index in [1.165, 1.54) is 0 Å². The summed E-state index contributed by atoms with van der Waals surface area (Å²) in [4.78, 5) is 11.5. The van der Waals surface area contributed by atoms with E-state index in [2.05, 4.69) is 15.5 Å². The average Bonchev–Trinajstić information content (AvgIpc) is 2.88. The summed E-state index contributed by atoms with van der Waals surface area (Å²) >= 11 is 0. The van der Waals surface area contributed by atoms with E-state index in [4.69, 9.17) is 5.73 Å². The van der Waals surface area contributed by atoms with Crippen LogP contribution in [0.5, 0.6) is 0 Å². The zero-order valence-electron chi connectivity index (χ0n) is 9.33. The van der Waals surface area contributed by atoms with Gasteiger partial charge >= 0.3 is 0 Å². The van der Waals surface area contributed by atoms with Crippen molar-refractivity contribution in [3.63, 3.8) is 0 Å². The predicted molar refractivity (Wildman–Crippen MR) is 60.4 cm³/mol. The van der Waals surface area contributed by atoms with Crippen molar-refractivity contribution in [1.29, 1.82) is 0 Å². The zero-order valence-corrected chi connectivity index (χ0v) is 9.33. The third kappa shape index (κ3) is 2.24. The number of hydrogen-bond acceptors (Lipinski definition) is 3. The zero-order chi connectivity index (χ0) is 11.4. The van der Waals surface area contributed by atoms with Gasteiger partial charge in [0.15, 0.2) is 0 Å². The van der Waals surface area contributed by atoms with Gasteiger partial charge in [-0.1, -0.05) is 12.8 Å². The summed E-state index contributed by atoms with van der Waals surface area (Å²) in [7, 11) is 0. The third-order valence-electron chi connectivity index (χ3n) is 3.42. The molecule has 0 atom stereocenters. The van der Waals surface area contributed by atoms with Crippen LogP contribution in [0.4, 0.5) is 0 Å². The SMILES string of the molecule is NC(=O)C1(CNCc2ccn[nH]2)CCCC1. The minimum Gasteiger partial charge on any atom is -0.369 e. The number of aromatic nitrogens is 2. The first-order valence-corrected chi connectivity index (χ1v) is 5.72. The molecule has 0 spiro atoms. The van der Waals surface area contributed by atoms with Crippen LogP contribution in [-0.2, 0) is 11.3 Å². The van der Waals surface area contributed by atoms with Crippen molar-refractivity contribution in [2.75, 3.05) is 6.54 Å². The predicted octanol–water partition coefficient (Wildman–Crippen LogP) is 0.545. The van der Waals surface area contributed by atoms with E-state index >= 15 is 0 Å². The lowest BCUT2D eigenvalue weighted by Crippen LogP contribution is -2.42. The van der Waals surface area contributed by atoms with Crippen LogP contribution >= 0.6 is 0 Å². The van der Waals surface area contributed by atoms with Crippen LogP contribution < -0.4 is 11.1 Å². The summed E-state index contributed by atoms with van der Waals surface area (Å²) in [5.74, 6) is -0.165. The number of nitrogens with one attached hydrogen (secondary N) is 2. The van der Waals surface area contributed by atoms with Crippen molar-refractivity contribution in [2.45, 2.75) is 32.2 Å². The number of aromatic amines is 1. The van der Waals surface area contributed by atoms with Gasteiger partial charge in [0.25, 0.3) is 0 Å². The van der Waals surface area contributed by atoms with Crippen LogP contribution in [-0.4, -0.2) is 22.6 Å². The molecule has 0 unspecified atom stereocenters. The van der Waals surface area contributed by atoms with Gasteiger partial charge in [0.1, 0.15) is 0 Å². The highest BCUT2D eigenvalue weighted by Crippen LogP contribution is 2.37. The Kier molecular flexibility index (Phi) is 3.24. The third-order valence-corrected chi connectivity index (χ3v) is 3.42. The molecule has 0 saturated heterocycles. The van der Waals surface area contributed by atoms with Crippen molar-refractivity contribution in [1.82, 2.24) is 15.5 Å². The summed E-state index contributed by atoms with van der Waals surface area (Å²) in [6, 6.07) is 1.92. The van der Waals surface area contributed by atoms with E-state index in [1.54, 1.807) is 6.20 Å². The Morgan fingerprint density at radius 3 is 2.88 bits per heavy atom. The van der Waals surface area contributed by atoms with E-state index < -0.39 is 0 Å². The summed E-state index contributed by atoms with van der Waals surface area (Å²) in [6.45, 7) is 1.37. The molecular formula is C11H18N4O. The molecule has 1 amide bonds. The first kappa shape index (κ1) is 11.1. The lowest BCUT2D eigenvalue weighted by molar-refractivity contribution is -0.127. The van der Waals surface area contributed by atoms with Crippen LogP contribution in [0.25, 0.3) is 0 Å². The second-order valence-electron chi connectivity index (χ2n) is 4.54. The topological polar surface area (TPSA) is 83.8 Å². The summed E-state index contributed by atoms with van der Waals surface area (Å²) in [5.41, 5.74) is 6.20. The molecule has 1 aromatic rings. The molecule has 1 heterocycles. The fourth-order valence-electron chi connectivity index (χ4n) is 2.38. The van der Waals surface area contributed by atoms with Crippen LogP contribution in [0.15, 0.2) is 12.3 Å². The van der Waals surface area contributed by atoms with Crippen molar-refractivity contribution < 1.29 is 4.79 Å². The Labute approximate surface area is 94.8 Å². The van der Waals surface area contributed by atoms with Gasteiger partial charge in [-0.05, 0) is 18.9 Å². The van der Waals surface area contributed by atoms with Gasteiger partial charge in [-0.25, -0.2) is 0 Å². The van der Waals surface area contributed by atoms with Gasteiger partial charge in [0, 0.05) is 25.0 Å². The summed E-state index contributed by atoms with van der Waals surface area (Å²) in [6.07, 6.45) is 5.76. The Morgan fingerprint density at radius 2 is 2.31 bits per heavy atom. The molecule has 0 aromatic carbocycles. The van der Waals surface area contributed by atoms with Gasteiger partial charge in [-0.2, -0.15) is 5.10 Å². The van der Waals surface area contributed by atoms with Crippen LogP contribution in [0.3, 0.4) is 0 Å². The molecule has 1 aliphatic rings. The first-order chi connectivity index (χ1) is 7.73. The number of nitrogens with zero attached hydrogens (tertiary/aromatic N) is 1. The molecule has 1 fully saturated rings. The largest absolute Gasteiger partial charge is 0.369 e. The Hall–Kier alpha value is -1.36. The standard InChI is InChI=1S/C11H18N4O/c12-10(16)11(4-1-2-5-11)8-13-7-9-3-6-14-15-9/h3,6,13H,1-2,4-5,7-8H2,(H2,12,16)(H,14,15). The van der Waals surface area contributed by atoms with Gasteiger partial charge < -0.3 is 11.1 Å². The smallest absolute Gasteiger partial charge is 0.224 e. The fraction of sp³-hybridized carbons (Fsp3) is 0.636. The molecule has 0 radical (unpaired) electrons. The lowest BCUT2D eigenvalue weighted by Gasteiger charge is -2.25. The minimum absolute atomic E-state index is 0.165. The maximum Gasteiger partial charge on any atom is 0.224 e. The molecule has 1 aliphatic carbocycles. The summed E-state index contributed by atoms with van der Waals surface area (Å²) in [5, 5.41) is 10.0. The normalized spacial score (nSPS) is 18.8. The molecule has 5 nitrogen and oxygen atoms in total. The Morgan fingerprint density at radius 1 is 1.56 bits per heavy atom. The Bertz CT molecular complexity index is 341. The van der Waals surface area contributed by atoms with E-state index in [-0.39, 0.29) is 11.3 Å². The fourth-order valence-corrected chi connectivity index (χ4v) is 2.38. The molecule has 2 rings (SSSR count). The monoisotopic (exact) mass is 222 g/mol. The number of nitrogens with two attached hydrogens (primary N) is 1. The number of H-pyrrole nitrogens is 1. The second-order valence-corrected chi connectivity index (χ2v) is 4.54. The van der Waals surface area contributed by atoms with Gasteiger partial charge in [0.2, 0.25) is 5.91 Å². The molecule has 5 heteroatoms. The van der Waals surface area contributed by atoms with Crippen LogP contribution in [0.2, 0.25) is 0 Å². The molecule has 0 aliphatic heterocycles. The maximum atomic E-state index is 11.5. The summed E-state index contributed by atoms with van der Waals surface area (Å²) < 4.78 is 0. The van der Waals surface area contributed by atoms with Gasteiger partial charge in [-0.15, -0.1) is 0 Å². The highest BCUT2D eigenvalue weighted by atomic mass is 16.1. The minimum atomic E-state index is -0.319. The van der Waals surface area contributed by atoms with Crippen molar-refractivity contribution >= 4 is 5.91 Å². The van der Waals surface area contributed by atoms with E-state index in [0.717, 1.165) is 31.4 Å². The van der Waals surface area contributed by atoms with Crippen molar-refractivity contribution in [3.8, 4) is 0 Å². The molecule has 1 aromatic heterocycles. The molecular weight excluding hydrogens is 204 g/mol. The number of rotatable bonds is 5. The lowest BCUT2D eigenvalue weighted by atomic mass is 9.85. The number of carbonyl (C=O) groups excluding carboxylic acids is 1. The molecule has 0 bridgehead atoms. The van der Waals surface area contributed by atoms with Crippen LogP contribution in [0, 0.1) is 5.41 Å². The second kappa shape index (κ2) is 4.65. The number of primary amides is 1. The van der Waals surface area contributed by atoms with E-state index in [1.807, 2.05) is 6.07 Å². The van der Waals surface area contributed by atoms with Crippen LogP contribution in [0.1, 0.15) is 31.4 Å². The molecule has 88 valence electrons. The number of amides is 1. The molecule has 16 heavy (non-hydrogen) atoms.